The summed E-state index contributed by atoms with van der Waals surface area (Å²) in [6.07, 6.45) is 0. The van der Waals surface area contributed by atoms with Crippen LogP contribution in [0.4, 0.5) is 0 Å². The van der Waals surface area contributed by atoms with Crippen molar-refractivity contribution in [2.24, 2.45) is 0 Å². The van der Waals surface area contributed by atoms with E-state index in [1.807, 2.05) is 14.0 Å². The number of hydrogen-bond acceptors (Lipinski definition) is 4. The molecule has 7 heteroatoms. The van der Waals surface area contributed by atoms with E-state index in [1.165, 1.54) is 22.5 Å². The first-order valence-electron chi connectivity index (χ1n) is 6.36. The molecule has 6 nitrogen and oxygen atoms in total. The van der Waals surface area contributed by atoms with Crippen LogP contribution >= 0.6 is 0 Å². The third-order valence-electron chi connectivity index (χ3n) is 3.47. The number of benzene rings is 1. The summed E-state index contributed by atoms with van der Waals surface area (Å²) < 4.78 is 26.7. The van der Waals surface area contributed by atoms with E-state index in [2.05, 4.69) is 4.90 Å². The van der Waals surface area contributed by atoms with Gasteiger partial charge in [-0.05, 0) is 26.1 Å². The van der Waals surface area contributed by atoms with Crippen molar-refractivity contribution >= 4 is 16.0 Å². The quantitative estimate of drug-likeness (QED) is 0.889. The lowest BCUT2D eigenvalue weighted by molar-refractivity contribution is 0.0692. The number of piperazine rings is 1. The number of carboxylic acid groups (broad SMARTS) is 1. The molecule has 0 aliphatic carbocycles. The van der Waals surface area contributed by atoms with Gasteiger partial charge in [-0.25, -0.2) is 13.2 Å². The average Bonchev–Trinajstić information content (AvgIpc) is 2.38. The number of nitrogens with zero attached hydrogens (tertiary/aromatic N) is 2. The molecule has 1 aliphatic heterocycles. The van der Waals surface area contributed by atoms with E-state index in [4.69, 9.17) is 5.11 Å². The van der Waals surface area contributed by atoms with Crippen LogP contribution in [0.25, 0.3) is 0 Å². The molecule has 20 heavy (non-hydrogen) atoms. The smallest absolute Gasteiger partial charge is 0.337 e. The van der Waals surface area contributed by atoms with Gasteiger partial charge in [-0.2, -0.15) is 4.31 Å². The Hall–Kier alpha value is -1.44. The minimum Gasteiger partial charge on any atom is -0.478 e. The molecular formula is C13H18N2O4S. The number of aromatic carboxylic acids is 1. The van der Waals surface area contributed by atoms with Crippen LogP contribution in [-0.4, -0.2) is 61.4 Å². The maximum atomic E-state index is 12.7. The fraction of sp³-hybridized carbons (Fsp3) is 0.462. The highest BCUT2D eigenvalue weighted by molar-refractivity contribution is 7.89. The molecule has 0 bridgehead atoms. The Labute approximate surface area is 118 Å². The van der Waals surface area contributed by atoms with Gasteiger partial charge < -0.3 is 10.0 Å². The number of hydrogen-bond donors (Lipinski definition) is 1. The highest BCUT2D eigenvalue weighted by Crippen LogP contribution is 2.24. The molecule has 1 aromatic carbocycles. The first-order valence-corrected chi connectivity index (χ1v) is 7.80. The van der Waals surface area contributed by atoms with Crippen LogP contribution in [-0.2, 0) is 10.0 Å². The molecule has 2 rings (SSSR count). The third kappa shape index (κ3) is 2.70. The zero-order chi connectivity index (χ0) is 14.9. The molecule has 1 atom stereocenters. The maximum absolute atomic E-state index is 12.7. The van der Waals surface area contributed by atoms with Crippen molar-refractivity contribution in [2.45, 2.75) is 17.9 Å². The average molecular weight is 298 g/mol. The molecule has 0 saturated carbocycles. The Bertz CT molecular complexity index is 615. The minimum atomic E-state index is -3.78. The Kier molecular flexibility index (Phi) is 4.12. The van der Waals surface area contributed by atoms with E-state index in [-0.39, 0.29) is 16.5 Å². The predicted octanol–water partition coefficient (Wildman–Crippen LogP) is 0.709. The lowest BCUT2D eigenvalue weighted by Crippen LogP contribution is -2.52. The molecule has 1 aliphatic rings. The van der Waals surface area contributed by atoms with Gasteiger partial charge in [0.05, 0.1) is 10.5 Å². The molecule has 0 aromatic heterocycles. The van der Waals surface area contributed by atoms with Gasteiger partial charge in [-0.1, -0.05) is 12.1 Å². The fourth-order valence-electron chi connectivity index (χ4n) is 2.47. The van der Waals surface area contributed by atoms with Crippen molar-refractivity contribution in [2.75, 3.05) is 26.7 Å². The van der Waals surface area contributed by atoms with E-state index >= 15 is 0 Å². The van der Waals surface area contributed by atoms with Gasteiger partial charge in [0, 0.05) is 25.7 Å². The zero-order valence-corrected chi connectivity index (χ0v) is 12.3. The van der Waals surface area contributed by atoms with E-state index in [0.717, 1.165) is 0 Å². The summed E-state index contributed by atoms with van der Waals surface area (Å²) in [4.78, 5) is 13.1. The summed E-state index contributed by atoms with van der Waals surface area (Å²) in [5.74, 6) is -1.23. The summed E-state index contributed by atoms with van der Waals surface area (Å²) in [6.45, 7) is 3.47. The highest BCUT2D eigenvalue weighted by atomic mass is 32.2. The van der Waals surface area contributed by atoms with Crippen molar-refractivity contribution in [3.8, 4) is 0 Å². The minimum absolute atomic E-state index is 0.135. The van der Waals surface area contributed by atoms with Crippen LogP contribution in [0.5, 0.6) is 0 Å². The topological polar surface area (TPSA) is 77.9 Å². The molecule has 0 radical (unpaired) electrons. The van der Waals surface area contributed by atoms with E-state index in [0.29, 0.717) is 19.6 Å². The molecule has 0 spiro atoms. The first kappa shape index (κ1) is 15.0. The second-order valence-electron chi connectivity index (χ2n) is 5.03. The van der Waals surface area contributed by atoms with Crippen molar-refractivity contribution in [3.05, 3.63) is 29.8 Å². The Morgan fingerprint density at radius 2 is 1.95 bits per heavy atom. The summed E-state index contributed by atoms with van der Waals surface area (Å²) in [6, 6.07) is 5.55. The normalized spacial score (nSPS) is 21.8. The number of carbonyl (C=O) groups is 1. The van der Waals surface area contributed by atoms with Crippen LogP contribution < -0.4 is 0 Å². The Morgan fingerprint density at radius 3 is 2.55 bits per heavy atom. The van der Waals surface area contributed by atoms with Gasteiger partial charge in [-0.15, -0.1) is 0 Å². The van der Waals surface area contributed by atoms with Crippen LogP contribution in [0.2, 0.25) is 0 Å². The first-order chi connectivity index (χ1) is 9.34. The summed E-state index contributed by atoms with van der Waals surface area (Å²) in [5, 5.41) is 9.14. The number of carboxylic acids is 1. The van der Waals surface area contributed by atoms with Crippen LogP contribution in [0, 0.1) is 0 Å². The molecule has 1 aromatic rings. The second-order valence-corrected chi connectivity index (χ2v) is 6.89. The number of rotatable bonds is 3. The van der Waals surface area contributed by atoms with Gasteiger partial charge in [0.1, 0.15) is 0 Å². The molecule has 1 unspecified atom stereocenters. The molecular weight excluding hydrogens is 280 g/mol. The maximum Gasteiger partial charge on any atom is 0.337 e. The Morgan fingerprint density at radius 1 is 1.30 bits per heavy atom. The largest absolute Gasteiger partial charge is 0.478 e. The van der Waals surface area contributed by atoms with Crippen LogP contribution in [0.15, 0.2) is 29.2 Å². The van der Waals surface area contributed by atoms with Gasteiger partial charge in [0.15, 0.2) is 0 Å². The summed E-state index contributed by atoms with van der Waals surface area (Å²) >= 11 is 0. The van der Waals surface area contributed by atoms with Crippen LogP contribution in [0.3, 0.4) is 0 Å². The van der Waals surface area contributed by atoms with Gasteiger partial charge in [0.25, 0.3) is 0 Å². The summed E-state index contributed by atoms with van der Waals surface area (Å²) in [5.41, 5.74) is -0.182. The fourth-order valence-corrected chi connectivity index (χ4v) is 4.27. The molecule has 0 amide bonds. The molecule has 1 heterocycles. The highest BCUT2D eigenvalue weighted by Gasteiger charge is 2.34. The van der Waals surface area contributed by atoms with Crippen molar-refractivity contribution in [1.29, 1.82) is 0 Å². The monoisotopic (exact) mass is 298 g/mol. The van der Waals surface area contributed by atoms with E-state index in [9.17, 15) is 13.2 Å². The SMILES string of the molecule is CC1CN(C)CCN1S(=O)(=O)c1ccccc1C(=O)O. The Balaban J connectivity index is 2.43. The van der Waals surface area contributed by atoms with Gasteiger partial charge in [-0.3, -0.25) is 0 Å². The zero-order valence-electron chi connectivity index (χ0n) is 11.5. The number of sulfonamides is 1. The van der Waals surface area contributed by atoms with Gasteiger partial charge >= 0.3 is 5.97 Å². The van der Waals surface area contributed by atoms with E-state index in [1.54, 1.807) is 6.07 Å². The second kappa shape index (κ2) is 5.51. The lowest BCUT2D eigenvalue weighted by Gasteiger charge is -2.37. The predicted molar refractivity (Wildman–Crippen MR) is 74.3 cm³/mol. The lowest BCUT2D eigenvalue weighted by atomic mass is 10.2. The molecule has 1 N–H and O–H groups in total. The molecule has 110 valence electrons. The standard InChI is InChI=1S/C13H18N2O4S/c1-10-9-14(2)7-8-15(10)20(18,19)12-6-4-3-5-11(12)13(16)17/h3-6,10H,7-9H2,1-2H3,(H,16,17). The van der Waals surface area contributed by atoms with Crippen molar-refractivity contribution < 1.29 is 18.3 Å². The molecule has 1 fully saturated rings. The van der Waals surface area contributed by atoms with Crippen molar-refractivity contribution in [1.82, 2.24) is 9.21 Å². The van der Waals surface area contributed by atoms with Crippen molar-refractivity contribution in [3.63, 3.8) is 0 Å². The number of likely N-dealkylation sites (N-methyl/N-ethyl adjacent to an activating group) is 1. The molecule has 1 saturated heterocycles. The van der Waals surface area contributed by atoms with Crippen LogP contribution in [0.1, 0.15) is 17.3 Å². The van der Waals surface area contributed by atoms with E-state index < -0.39 is 16.0 Å². The third-order valence-corrected chi connectivity index (χ3v) is 5.55. The van der Waals surface area contributed by atoms with Gasteiger partial charge in [0.2, 0.25) is 10.0 Å². The summed E-state index contributed by atoms with van der Waals surface area (Å²) in [7, 11) is -1.85.